The van der Waals surface area contributed by atoms with E-state index in [-0.39, 0.29) is 18.2 Å². The van der Waals surface area contributed by atoms with Crippen LogP contribution in [-0.4, -0.2) is 18.9 Å². The van der Waals surface area contributed by atoms with Crippen molar-refractivity contribution in [3.63, 3.8) is 0 Å². The summed E-state index contributed by atoms with van der Waals surface area (Å²) in [7, 11) is 1.33. The normalized spacial score (nSPS) is 17.1. The van der Waals surface area contributed by atoms with E-state index in [4.69, 9.17) is 0 Å². The van der Waals surface area contributed by atoms with Crippen LogP contribution in [0.5, 0.6) is 0 Å². The van der Waals surface area contributed by atoms with Crippen LogP contribution in [0.15, 0.2) is 11.6 Å². The predicted molar refractivity (Wildman–Crippen MR) is 43.6 cm³/mol. The summed E-state index contributed by atoms with van der Waals surface area (Å²) in [6.45, 7) is 0. The van der Waals surface area contributed by atoms with Gasteiger partial charge in [0.25, 0.3) is 0 Å². The van der Waals surface area contributed by atoms with Gasteiger partial charge in [-0.15, -0.1) is 0 Å². The highest BCUT2D eigenvalue weighted by Crippen LogP contribution is 2.16. The number of carbonyl (C=O) groups is 2. The van der Waals surface area contributed by atoms with Crippen molar-refractivity contribution in [1.82, 2.24) is 0 Å². The number of hydrogen-bond acceptors (Lipinski definition) is 3. The lowest BCUT2D eigenvalue weighted by molar-refractivity contribution is -0.140. The van der Waals surface area contributed by atoms with Gasteiger partial charge in [-0.3, -0.25) is 9.59 Å². The van der Waals surface area contributed by atoms with Crippen molar-refractivity contribution in [3.05, 3.63) is 11.6 Å². The van der Waals surface area contributed by atoms with E-state index in [1.54, 1.807) is 0 Å². The molecule has 12 heavy (non-hydrogen) atoms. The van der Waals surface area contributed by atoms with E-state index in [2.05, 4.69) is 4.74 Å². The topological polar surface area (TPSA) is 43.4 Å². The maximum Gasteiger partial charge on any atom is 0.310 e. The molecule has 1 rings (SSSR count). The Balaban J connectivity index is 2.55. The van der Waals surface area contributed by atoms with Gasteiger partial charge in [-0.1, -0.05) is 6.08 Å². The monoisotopic (exact) mass is 168 g/mol. The van der Waals surface area contributed by atoms with Gasteiger partial charge >= 0.3 is 5.97 Å². The first-order chi connectivity index (χ1) is 5.74. The van der Waals surface area contributed by atoms with E-state index >= 15 is 0 Å². The zero-order chi connectivity index (χ0) is 8.97. The molecule has 3 heteroatoms. The Morgan fingerprint density at radius 2 is 2.42 bits per heavy atom. The fourth-order valence-corrected chi connectivity index (χ4v) is 1.21. The number of Topliss-reactive ketones (excluding diaryl/α,β-unsaturated/α-hetero) is 1. The molecule has 0 aromatic heterocycles. The molecule has 0 spiro atoms. The maximum absolute atomic E-state index is 11.2. The summed E-state index contributed by atoms with van der Waals surface area (Å²) in [6, 6.07) is 0. The molecule has 1 aliphatic carbocycles. The second-order valence-electron chi connectivity index (χ2n) is 2.80. The number of esters is 1. The van der Waals surface area contributed by atoms with Gasteiger partial charge in [0.2, 0.25) is 0 Å². The van der Waals surface area contributed by atoms with E-state index in [0.29, 0.717) is 12.0 Å². The summed E-state index contributed by atoms with van der Waals surface area (Å²) < 4.78 is 4.47. The molecular formula is C9H12O3. The van der Waals surface area contributed by atoms with Crippen LogP contribution in [0.4, 0.5) is 0 Å². The van der Waals surface area contributed by atoms with Crippen molar-refractivity contribution in [2.75, 3.05) is 7.11 Å². The van der Waals surface area contributed by atoms with E-state index in [9.17, 15) is 9.59 Å². The summed E-state index contributed by atoms with van der Waals surface area (Å²) in [5.41, 5.74) is 0.619. The lowest BCUT2D eigenvalue weighted by Crippen LogP contribution is -2.12. The van der Waals surface area contributed by atoms with Crippen LogP contribution in [-0.2, 0) is 14.3 Å². The molecule has 0 unspecified atom stereocenters. The van der Waals surface area contributed by atoms with Crippen molar-refractivity contribution >= 4 is 11.8 Å². The number of ether oxygens (including phenoxy) is 1. The summed E-state index contributed by atoms with van der Waals surface area (Å²) in [4.78, 5) is 22.0. The summed E-state index contributed by atoms with van der Waals surface area (Å²) in [5, 5.41) is 0. The largest absolute Gasteiger partial charge is 0.469 e. The van der Waals surface area contributed by atoms with Crippen molar-refractivity contribution in [2.45, 2.75) is 25.7 Å². The van der Waals surface area contributed by atoms with Crippen LogP contribution in [0.2, 0.25) is 0 Å². The number of rotatable bonds is 2. The summed E-state index contributed by atoms with van der Waals surface area (Å²) in [5.74, 6) is -0.247. The van der Waals surface area contributed by atoms with Gasteiger partial charge in [-0.25, -0.2) is 0 Å². The second kappa shape index (κ2) is 4.04. The van der Waals surface area contributed by atoms with Crippen LogP contribution in [0, 0.1) is 0 Å². The van der Waals surface area contributed by atoms with Gasteiger partial charge in [-0.2, -0.15) is 0 Å². The van der Waals surface area contributed by atoms with E-state index in [0.717, 1.165) is 12.8 Å². The minimum absolute atomic E-state index is 0.0895. The Labute approximate surface area is 71.4 Å². The van der Waals surface area contributed by atoms with Gasteiger partial charge in [0.05, 0.1) is 13.5 Å². The molecule has 0 saturated carbocycles. The van der Waals surface area contributed by atoms with Crippen LogP contribution in [0.1, 0.15) is 25.7 Å². The van der Waals surface area contributed by atoms with Crippen LogP contribution in [0.3, 0.4) is 0 Å². The molecule has 0 N–H and O–H groups in total. The fourth-order valence-electron chi connectivity index (χ4n) is 1.21. The molecule has 0 saturated heterocycles. The van der Waals surface area contributed by atoms with Gasteiger partial charge in [0.1, 0.15) is 0 Å². The molecule has 0 aliphatic heterocycles. The molecule has 0 aromatic rings. The van der Waals surface area contributed by atoms with E-state index in [1.807, 2.05) is 6.08 Å². The highest BCUT2D eigenvalue weighted by molar-refractivity contribution is 5.99. The van der Waals surface area contributed by atoms with Crippen LogP contribution in [0.25, 0.3) is 0 Å². The summed E-state index contributed by atoms with van der Waals surface area (Å²) >= 11 is 0. The molecule has 3 nitrogen and oxygen atoms in total. The number of hydrogen-bond donors (Lipinski definition) is 0. The summed E-state index contributed by atoms with van der Waals surface area (Å²) in [6.07, 6.45) is 4.35. The molecule has 0 radical (unpaired) electrons. The highest BCUT2D eigenvalue weighted by Gasteiger charge is 2.16. The predicted octanol–water partition coefficient (Wildman–Crippen LogP) is 1.23. The number of carbonyl (C=O) groups excluding carboxylic acids is 2. The minimum Gasteiger partial charge on any atom is -0.469 e. The van der Waals surface area contributed by atoms with Crippen molar-refractivity contribution in [1.29, 1.82) is 0 Å². The van der Waals surface area contributed by atoms with Gasteiger partial charge in [0, 0.05) is 12.0 Å². The SMILES string of the molecule is COC(=O)CC1=CCCCC1=O. The zero-order valence-corrected chi connectivity index (χ0v) is 7.13. The van der Waals surface area contributed by atoms with Gasteiger partial charge < -0.3 is 4.74 Å². The van der Waals surface area contributed by atoms with E-state index in [1.165, 1.54) is 7.11 Å². The average molecular weight is 168 g/mol. The van der Waals surface area contributed by atoms with E-state index < -0.39 is 0 Å². The number of methoxy groups -OCH3 is 1. The average Bonchev–Trinajstić information content (AvgIpc) is 2.09. The third-order valence-electron chi connectivity index (χ3n) is 1.92. The molecule has 0 atom stereocenters. The van der Waals surface area contributed by atoms with Crippen LogP contribution >= 0.6 is 0 Å². The molecular weight excluding hydrogens is 156 g/mol. The number of allylic oxidation sites excluding steroid dienone is 1. The lowest BCUT2D eigenvalue weighted by Gasteiger charge is -2.09. The Morgan fingerprint density at radius 3 is 3.00 bits per heavy atom. The number of ketones is 1. The Kier molecular flexibility index (Phi) is 3.02. The standard InChI is InChI=1S/C9H12O3/c1-12-9(11)6-7-4-2-3-5-8(7)10/h4H,2-3,5-6H2,1H3. The molecule has 0 heterocycles. The molecule has 0 aromatic carbocycles. The maximum atomic E-state index is 11.2. The zero-order valence-electron chi connectivity index (χ0n) is 7.13. The molecule has 0 amide bonds. The van der Waals surface area contributed by atoms with Gasteiger partial charge in [0.15, 0.2) is 5.78 Å². The third kappa shape index (κ3) is 2.19. The van der Waals surface area contributed by atoms with Crippen molar-refractivity contribution < 1.29 is 14.3 Å². The Morgan fingerprint density at radius 1 is 1.67 bits per heavy atom. The lowest BCUT2D eigenvalue weighted by atomic mass is 9.96. The van der Waals surface area contributed by atoms with Crippen LogP contribution < -0.4 is 0 Å². The highest BCUT2D eigenvalue weighted by atomic mass is 16.5. The molecule has 66 valence electrons. The van der Waals surface area contributed by atoms with Crippen molar-refractivity contribution in [2.24, 2.45) is 0 Å². The van der Waals surface area contributed by atoms with Crippen molar-refractivity contribution in [3.8, 4) is 0 Å². The molecule has 1 aliphatic rings. The van der Waals surface area contributed by atoms with Gasteiger partial charge in [-0.05, 0) is 12.8 Å². The first-order valence-corrected chi connectivity index (χ1v) is 4.03. The first kappa shape index (κ1) is 8.97. The molecule has 0 fully saturated rings. The minimum atomic E-state index is -0.337. The fraction of sp³-hybridized carbons (Fsp3) is 0.556. The molecule has 0 bridgehead atoms. The third-order valence-corrected chi connectivity index (χ3v) is 1.92. The first-order valence-electron chi connectivity index (χ1n) is 4.03. The second-order valence-corrected chi connectivity index (χ2v) is 2.80. The Hall–Kier alpha value is -1.12. The Bertz CT molecular complexity index is 228. The smallest absolute Gasteiger partial charge is 0.310 e. The quantitative estimate of drug-likeness (QED) is 0.582.